The summed E-state index contributed by atoms with van der Waals surface area (Å²) in [5.41, 5.74) is 1.82. The summed E-state index contributed by atoms with van der Waals surface area (Å²) in [4.78, 5) is 28.1. The molecule has 34 heavy (non-hydrogen) atoms. The zero-order valence-electron chi connectivity index (χ0n) is 19.3. The number of cyclic esters (lactones) is 1. The van der Waals surface area contributed by atoms with Crippen LogP contribution in [0.2, 0.25) is 0 Å². The second-order valence-corrected chi connectivity index (χ2v) is 12.1. The van der Waals surface area contributed by atoms with E-state index in [1.165, 1.54) is 4.90 Å². The zero-order valence-corrected chi connectivity index (χ0v) is 20.1. The van der Waals surface area contributed by atoms with Crippen LogP contribution in [-0.2, 0) is 25.8 Å². The average molecular weight is 482 g/mol. The van der Waals surface area contributed by atoms with Crippen molar-refractivity contribution in [3.63, 3.8) is 0 Å². The van der Waals surface area contributed by atoms with E-state index in [9.17, 15) is 18.0 Å². The summed E-state index contributed by atoms with van der Waals surface area (Å²) in [5, 5.41) is -0.271. The summed E-state index contributed by atoms with van der Waals surface area (Å²) in [6, 6.07) is 16.2. The maximum Gasteiger partial charge on any atom is 0.417 e. The van der Waals surface area contributed by atoms with Gasteiger partial charge in [-0.3, -0.25) is 4.79 Å². The lowest BCUT2D eigenvalue weighted by molar-refractivity contribution is -0.131. The fourth-order valence-corrected chi connectivity index (χ4v) is 7.01. The monoisotopic (exact) mass is 481 g/mol. The molecule has 2 amide bonds. The number of amides is 2. The molecule has 2 aromatic rings. The van der Waals surface area contributed by atoms with E-state index in [0.717, 1.165) is 36.8 Å². The number of ether oxygens (including phenoxy) is 1. The molecule has 5 rings (SSSR count). The van der Waals surface area contributed by atoms with Crippen LogP contribution in [0.3, 0.4) is 0 Å². The third-order valence-corrected chi connectivity index (χ3v) is 9.71. The van der Waals surface area contributed by atoms with E-state index in [0.29, 0.717) is 36.5 Å². The lowest BCUT2D eigenvalue weighted by Gasteiger charge is -2.27. The van der Waals surface area contributed by atoms with E-state index in [4.69, 9.17) is 4.74 Å². The number of rotatable bonds is 8. The molecular weight excluding hydrogens is 450 g/mol. The molecule has 3 aliphatic rings. The Morgan fingerprint density at radius 1 is 0.971 bits per heavy atom. The molecule has 7 heteroatoms. The molecule has 0 unspecified atom stereocenters. The van der Waals surface area contributed by atoms with Gasteiger partial charge in [-0.15, -0.1) is 0 Å². The van der Waals surface area contributed by atoms with Crippen molar-refractivity contribution >= 4 is 21.8 Å². The lowest BCUT2D eigenvalue weighted by Crippen LogP contribution is -2.43. The van der Waals surface area contributed by atoms with Crippen molar-refractivity contribution in [2.45, 2.75) is 73.5 Å². The van der Waals surface area contributed by atoms with Gasteiger partial charge in [-0.05, 0) is 54.9 Å². The van der Waals surface area contributed by atoms with Gasteiger partial charge in [-0.1, -0.05) is 68.1 Å². The molecular formula is C27H31NO5S. The van der Waals surface area contributed by atoms with Crippen molar-refractivity contribution in [2.75, 3.05) is 6.61 Å². The maximum absolute atomic E-state index is 13.9. The molecule has 1 aliphatic heterocycles. The second-order valence-electron chi connectivity index (χ2n) is 9.88. The number of hydrogen-bond acceptors (Lipinski definition) is 5. The molecule has 0 spiro atoms. The predicted octanol–water partition coefficient (Wildman–Crippen LogP) is 4.88. The van der Waals surface area contributed by atoms with Crippen molar-refractivity contribution in [2.24, 2.45) is 5.92 Å². The minimum Gasteiger partial charge on any atom is -0.447 e. The summed E-state index contributed by atoms with van der Waals surface area (Å²) in [6.45, 7) is 0.189. The van der Waals surface area contributed by atoms with E-state index in [1.807, 2.05) is 30.3 Å². The van der Waals surface area contributed by atoms with Crippen molar-refractivity contribution in [1.82, 2.24) is 4.90 Å². The molecule has 2 saturated carbocycles. The van der Waals surface area contributed by atoms with Gasteiger partial charge in [-0.25, -0.2) is 18.1 Å². The molecule has 0 radical (unpaired) electrons. The van der Waals surface area contributed by atoms with E-state index < -0.39 is 21.8 Å². The number of sulfone groups is 1. The SMILES string of the molecule is O=C1OC[C@@H](Cc2ccccc2)N1C(=O)[C@@H](CC1CCCC1)c1ccc(S(=O)(=O)C2CC2)cc1. The van der Waals surface area contributed by atoms with Gasteiger partial charge in [0.15, 0.2) is 9.84 Å². The highest BCUT2D eigenvalue weighted by atomic mass is 32.2. The fraction of sp³-hybridized carbons (Fsp3) is 0.481. The van der Waals surface area contributed by atoms with Gasteiger partial charge in [0.1, 0.15) is 6.61 Å². The number of nitrogens with zero attached hydrogens (tertiary/aromatic N) is 1. The van der Waals surface area contributed by atoms with Gasteiger partial charge < -0.3 is 4.74 Å². The third kappa shape index (κ3) is 4.76. The Kier molecular flexibility index (Phi) is 6.47. The van der Waals surface area contributed by atoms with Crippen molar-refractivity contribution < 1.29 is 22.7 Å². The minimum atomic E-state index is -3.29. The number of imide groups is 1. The van der Waals surface area contributed by atoms with E-state index in [-0.39, 0.29) is 23.8 Å². The minimum absolute atomic E-state index is 0.189. The first-order chi connectivity index (χ1) is 16.4. The smallest absolute Gasteiger partial charge is 0.417 e. The van der Waals surface area contributed by atoms with Gasteiger partial charge >= 0.3 is 6.09 Å². The van der Waals surface area contributed by atoms with Crippen LogP contribution in [0.1, 0.15) is 62.0 Å². The van der Waals surface area contributed by atoms with Gasteiger partial charge in [-0.2, -0.15) is 0 Å². The maximum atomic E-state index is 13.9. The summed E-state index contributed by atoms with van der Waals surface area (Å²) in [6.07, 6.45) is 6.53. The van der Waals surface area contributed by atoms with Gasteiger partial charge in [0.05, 0.1) is 22.1 Å². The Hall–Kier alpha value is -2.67. The van der Waals surface area contributed by atoms with Crippen molar-refractivity contribution in [3.8, 4) is 0 Å². The first-order valence-electron chi connectivity index (χ1n) is 12.3. The van der Waals surface area contributed by atoms with E-state index >= 15 is 0 Å². The molecule has 0 bridgehead atoms. The summed E-state index contributed by atoms with van der Waals surface area (Å²) in [5.74, 6) is -0.312. The molecule has 2 aliphatic carbocycles. The zero-order chi connectivity index (χ0) is 23.7. The highest BCUT2D eigenvalue weighted by Gasteiger charge is 2.42. The van der Waals surface area contributed by atoms with Crippen LogP contribution in [0, 0.1) is 5.92 Å². The van der Waals surface area contributed by atoms with Crippen molar-refractivity contribution in [3.05, 3.63) is 65.7 Å². The second kappa shape index (κ2) is 9.53. The average Bonchev–Trinajstić information content (AvgIpc) is 3.48. The number of carbonyl (C=O) groups is 2. The van der Waals surface area contributed by atoms with E-state index in [2.05, 4.69) is 0 Å². The number of hydrogen-bond donors (Lipinski definition) is 0. The molecule has 2 atom stereocenters. The topological polar surface area (TPSA) is 80.8 Å². The van der Waals surface area contributed by atoms with Crippen LogP contribution in [0.4, 0.5) is 4.79 Å². The van der Waals surface area contributed by atoms with Crippen LogP contribution in [0.5, 0.6) is 0 Å². The first kappa shape index (κ1) is 23.1. The van der Waals surface area contributed by atoms with Gasteiger partial charge in [0, 0.05) is 0 Å². The van der Waals surface area contributed by atoms with Gasteiger partial charge in [0.2, 0.25) is 5.91 Å². The first-order valence-corrected chi connectivity index (χ1v) is 13.9. The number of carbonyl (C=O) groups excluding carboxylic acids is 2. The highest BCUT2D eigenvalue weighted by molar-refractivity contribution is 7.92. The number of benzene rings is 2. The fourth-order valence-electron chi connectivity index (χ4n) is 5.35. The van der Waals surface area contributed by atoms with Crippen LogP contribution in [0.15, 0.2) is 59.5 Å². The largest absolute Gasteiger partial charge is 0.447 e. The Bertz CT molecular complexity index is 1140. The normalized spacial score (nSPS) is 22.1. The molecule has 2 aromatic carbocycles. The molecule has 180 valence electrons. The molecule has 3 fully saturated rings. The Labute approximate surface area is 201 Å². The van der Waals surface area contributed by atoms with Crippen LogP contribution in [0.25, 0.3) is 0 Å². The Morgan fingerprint density at radius 3 is 2.29 bits per heavy atom. The lowest BCUT2D eigenvalue weighted by atomic mass is 9.86. The molecule has 0 N–H and O–H groups in total. The molecule has 1 heterocycles. The Morgan fingerprint density at radius 2 is 1.65 bits per heavy atom. The summed E-state index contributed by atoms with van der Waals surface area (Å²) in [7, 11) is -3.29. The standard InChI is InChI=1S/C27H31NO5S/c29-26(28-22(18-33-27(28)30)16-19-6-2-1-3-7-19)25(17-20-8-4-5-9-20)21-10-12-23(13-11-21)34(31,32)24-14-15-24/h1-3,6-7,10-13,20,22,24-25H,4-5,8-9,14-18H2/t22-,25+/m1/s1. The van der Waals surface area contributed by atoms with Crippen LogP contribution in [-0.4, -0.2) is 43.2 Å². The quantitative estimate of drug-likeness (QED) is 0.537. The summed E-state index contributed by atoms with van der Waals surface area (Å²) >= 11 is 0. The Balaban J connectivity index is 1.41. The van der Waals surface area contributed by atoms with Crippen LogP contribution >= 0.6 is 0 Å². The molecule has 1 saturated heterocycles. The van der Waals surface area contributed by atoms with Crippen LogP contribution < -0.4 is 0 Å². The van der Waals surface area contributed by atoms with Gasteiger partial charge in [0.25, 0.3) is 0 Å². The molecule has 6 nitrogen and oxygen atoms in total. The highest BCUT2D eigenvalue weighted by Crippen LogP contribution is 2.38. The van der Waals surface area contributed by atoms with E-state index in [1.54, 1.807) is 24.3 Å². The van der Waals surface area contributed by atoms with Crippen molar-refractivity contribution in [1.29, 1.82) is 0 Å². The molecule has 0 aromatic heterocycles. The summed E-state index contributed by atoms with van der Waals surface area (Å²) < 4.78 is 30.6. The third-order valence-electron chi connectivity index (χ3n) is 7.43. The predicted molar refractivity (Wildman–Crippen MR) is 128 cm³/mol.